The van der Waals surface area contributed by atoms with Crippen LogP contribution in [0.1, 0.15) is 26.7 Å². The fourth-order valence-electron chi connectivity index (χ4n) is 0.527. The average Bonchev–Trinajstić information content (AvgIpc) is 1.89. The van der Waals surface area contributed by atoms with Crippen LogP contribution in [0.2, 0.25) is 0 Å². The van der Waals surface area contributed by atoms with E-state index in [0.717, 1.165) is 6.54 Å². The summed E-state index contributed by atoms with van der Waals surface area (Å²) in [6, 6.07) is 0. The summed E-state index contributed by atoms with van der Waals surface area (Å²) in [5.74, 6) is 0. The van der Waals surface area contributed by atoms with E-state index < -0.39 is 0 Å². The van der Waals surface area contributed by atoms with Crippen molar-refractivity contribution in [3.8, 4) is 0 Å². The third kappa shape index (κ3) is 5.41. The van der Waals surface area contributed by atoms with Crippen molar-refractivity contribution in [2.75, 3.05) is 13.6 Å². The molecule has 0 radical (unpaired) electrons. The Balaban J connectivity index is 3.20. The first-order valence-corrected chi connectivity index (χ1v) is 3.68. The van der Waals surface area contributed by atoms with Crippen LogP contribution in [-0.2, 0) is 0 Å². The number of allylic oxidation sites excluding steroid dienone is 1. The molecule has 9 heavy (non-hydrogen) atoms. The Hall–Kier alpha value is -0.460. The van der Waals surface area contributed by atoms with Gasteiger partial charge in [-0.3, -0.25) is 0 Å². The first kappa shape index (κ1) is 8.54. The van der Waals surface area contributed by atoms with Crippen LogP contribution in [0, 0.1) is 0 Å². The highest BCUT2D eigenvalue weighted by molar-refractivity contribution is 4.79. The van der Waals surface area contributed by atoms with Gasteiger partial charge < -0.3 is 4.90 Å². The van der Waals surface area contributed by atoms with E-state index in [0.29, 0.717) is 0 Å². The predicted molar refractivity (Wildman–Crippen MR) is 42.4 cm³/mol. The molecule has 0 fully saturated rings. The highest BCUT2D eigenvalue weighted by Gasteiger charge is 1.80. The molecule has 0 unspecified atom stereocenters. The zero-order valence-electron chi connectivity index (χ0n) is 6.72. The van der Waals surface area contributed by atoms with Crippen molar-refractivity contribution in [3.05, 3.63) is 12.3 Å². The number of rotatable bonds is 4. The van der Waals surface area contributed by atoms with Crippen LogP contribution in [0.15, 0.2) is 12.3 Å². The van der Waals surface area contributed by atoms with Crippen LogP contribution < -0.4 is 0 Å². The maximum Gasteiger partial charge on any atom is 0.0140 e. The quantitative estimate of drug-likeness (QED) is 0.560. The second-order valence-corrected chi connectivity index (χ2v) is 2.25. The van der Waals surface area contributed by atoms with E-state index in [1.54, 1.807) is 0 Å². The van der Waals surface area contributed by atoms with Crippen LogP contribution in [0.25, 0.3) is 0 Å². The number of unbranched alkanes of at least 4 members (excludes halogenated alkanes) is 1. The van der Waals surface area contributed by atoms with E-state index in [-0.39, 0.29) is 0 Å². The summed E-state index contributed by atoms with van der Waals surface area (Å²) in [5.41, 5.74) is 0. The van der Waals surface area contributed by atoms with E-state index in [4.69, 9.17) is 0 Å². The number of hydrogen-bond donors (Lipinski definition) is 0. The topological polar surface area (TPSA) is 3.24 Å². The van der Waals surface area contributed by atoms with Gasteiger partial charge in [0.25, 0.3) is 0 Å². The smallest absolute Gasteiger partial charge is 0.0140 e. The van der Waals surface area contributed by atoms with E-state index in [1.807, 2.05) is 0 Å². The van der Waals surface area contributed by atoms with Crippen LogP contribution in [0.3, 0.4) is 0 Å². The second-order valence-electron chi connectivity index (χ2n) is 2.25. The van der Waals surface area contributed by atoms with Crippen LogP contribution >= 0.6 is 0 Å². The van der Waals surface area contributed by atoms with Crippen LogP contribution in [0.5, 0.6) is 0 Å². The Morgan fingerprint density at radius 1 is 1.33 bits per heavy atom. The highest BCUT2D eigenvalue weighted by atomic mass is 15.1. The molecule has 0 aromatic carbocycles. The summed E-state index contributed by atoms with van der Waals surface area (Å²) in [6.45, 7) is 5.44. The molecule has 0 rings (SSSR count). The normalized spacial score (nSPS) is 10.6. The highest BCUT2D eigenvalue weighted by Crippen LogP contribution is 1.90. The molecule has 0 heterocycles. The molecule has 0 spiro atoms. The Labute approximate surface area is 58.4 Å². The molecule has 0 N–H and O–H groups in total. The maximum atomic E-state index is 2.21. The van der Waals surface area contributed by atoms with Crippen molar-refractivity contribution < 1.29 is 0 Å². The molecule has 0 atom stereocenters. The summed E-state index contributed by atoms with van der Waals surface area (Å²) in [5, 5.41) is 0. The molecule has 0 aliphatic carbocycles. The van der Waals surface area contributed by atoms with Gasteiger partial charge in [-0.25, -0.2) is 0 Å². The Kier molecular flexibility index (Phi) is 5.38. The third-order valence-electron chi connectivity index (χ3n) is 1.31. The van der Waals surface area contributed by atoms with Gasteiger partial charge in [-0.2, -0.15) is 0 Å². The summed E-state index contributed by atoms with van der Waals surface area (Å²) in [4.78, 5) is 2.18. The monoisotopic (exact) mass is 127 g/mol. The van der Waals surface area contributed by atoms with Gasteiger partial charge >= 0.3 is 0 Å². The van der Waals surface area contributed by atoms with Crippen molar-refractivity contribution in [1.82, 2.24) is 4.90 Å². The molecule has 0 aromatic rings. The van der Waals surface area contributed by atoms with E-state index in [1.165, 1.54) is 12.8 Å². The van der Waals surface area contributed by atoms with Gasteiger partial charge in [0.05, 0.1) is 0 Å². The van der Waals surface area contributed by atoms with Crippen molar-refractivity contribution in [3.63, 3.8) is 0 Å². The van der Waals surface area contributed by atoms with Gasteiger partial charge in [-0.15, -0.1) is 0 Å². The van der Waals surface area contributed by atoms with Gasteiger partial charge in [0.1, 0.15) is 0 Å². The number of hydrogen-bond acceptors (Lipinski definition) is 1. The summed E-state index contributed by atoms with van der Waals surface area (Å²) < 4.78 is 0. The fourth-order valence-corrected chi connectivity index (χ4v) is 0.527. The van der Waals surface area contributed by atoms with E-state index in [2.05, 4.69) is 38.1 Å². The van der Waals surface area contributed by atoms with Crippen molar-refractivity contribution in [2.24, 2.45) is 0 Å². The zero-order chi connectivity index (χ0) is 7.11. The Bertz CT molecular complexity index is 76.6. The molecule has 0 aromatic heterocycles. The minimum absolute atomic E-state index is 1.10. The van der Waals surface area contributed by atoms with Crippen molar-refractivity contribution in [1.29, 1.82) is 0 Å². The maximum absolute atomic E-state index is 2.21. The lowest BCUT2D eigenvalue weighted by Gasteiger charge is -2.08. The summed E-state index contributed by atoms with van der Waals surface area (Å²) >= 11 is 0. The van der Waals surface area contributed by atoms with Gasteiger partial charge in [-0.1, -0.05) is 19.4 Å². The van der Waals surface area contributed by atoms with Crippen LogP contribution in [0.4, 0.5) is 0 Å². The SMILES string of the molecule is CCC/C=C\N(C)CC. The van der Waals surface area contributed by atoms with Crippen LogP contribution in [-0.4, -0.2) is 18.5 Å². The molecular formula is C8H17N. The lowest BCUT2D eigenvalue weighted by Crippen LogP contribution is -2.07. The molecule has 54 valence electrons. The Morgan fingerprint density at radius 3 is 2.44 bits per heavy atom. The lowest BCUT2D eigenvalue weighted by molar-refractivity contribution is 0.482. The van der Waals surface area contributed by atoms with Crippen molar-refractivity contribution >= 4 is 0 Å². The van der Waals surface area contributed by atoms with Gasteiger partial charge in [0.2, 0.25) is 0 Å². The summed E-state index contributed by atoms with van der Waals surface area (Å²) in [7, 11) is 2.09. The Morgan fingerprint density at radius 2 is 2.00 bits per heavy atom. The predicted octanol–water partition coefficient (Wildman–Crippen LogP) is 2.25. The first-order valence-electron chi connectivity index (χ1n) is 3.68. The van der Waals surface area contributed by atoms with Gasteiger partial charge in [-0.05, 0) is 19.5 Å². The van der Waals surface area contributed by atoms with E-state index >= 15 is 0 Å². The summed E-state index contributed by atoms with van der Waals surface area (Å²) in [6.07, 6.45) is 6.80. The fraction of sp³-hybridized carbons (Fsp3) is 0.750. The van der Waals surface area contributed by atoms with Gasteiger partial charge in [0.15, 0.2) is 0 Å². The molecular weight excluding hydrogens is 110 g/mol. The van der Waals surface area contributed by atoms with Gasteiger partial charge in [0, 0.05) is 13.6 Å². The van der Waals surface area contributed by atoms with E-state index in [9.17, 15) is 0 Å². The minimum atomic E-state index is 1.10. The molecule has 0 bridgehead atoms. The second kappa shape index (κ2) is 5.67. The first-order chi connectivity index (χ1) is 4.31. The average molecular weight is 127 g/mol. The molecule has 0 amide bonds. The zero-order valence-corrected chi connectivity index (χ0v) is 6.72. The molecule has 0 saturated heterocycles. The largest absolute Gasteiger partial charge is 0.381 e. The van der Waals surface area contributed by atoms with Crippen molar-refractivity contribution in [2.45, 2.75) is 26.7 Å². The molecule has 0 aliphatic rings. The molecule has 0 aliphatic heterocycles. The molecule has 1 nitrogen and oxygen atoms in total. The molecule has 0 saturated carbocycles. The lowest BCUT2D eigenvalue weighted by atomic mass is 10.3. The third-order valence-corrected chi connectivity index (χ3v) is 1.31. The molecule has 1 heteroatoms. The standard InChI is InChI=1S/C8H17N/c1-4-6-7-8-9(3)5-2/h7-8H,4-6H2,1-3H3/b8-7-. The number of nitrogens with zero attached hydrogens (tertiary/aromatic N) is 1. The minimum Gasteiger partial charge on any atom is -0.381 e.